The second-order valence-electron chi connectivity index (χ2n) is 0. The van der Waals surface area contributed by atoms with E-state index in [9.17, 15) is 0 Å². The van der Waals surface area contributed by atoms with Crippen LogP contribution < -0.4 is 0 Å². The van der Waals surface area contributed by atoms with Gasteiger partial charge in [0.05, 0.1) is 0 Å². The second-order valence-corrected chi connectivity index (χ2v) is 0. The van der Waals surface area contributed by atoms with Crippen LogP contribution in [0.25, 0.3) is 6.15 Å². The van der Waals surface area contributed by atoms with Crippen molar-refractivity contribution in [3.8, 4) is 6.57 Å². The number of nitrogens with zero attached hydrogens (tertiary/aromatic N) is 1. The molecule has 0 saturated heterocycles. The van der Waals surface area contributed by atoms with Gasteiger partial charge in [-0.3, -0.25) is 0 Å². The van der Waals surface area contributed by atoms with Gasteiger partial charge in [-0.15, -0.1) is 0 Å². The Bertz CT molecular complexity index is 10.8. The Hall–Kier alpha value is -0.0435. The third-order valence-electron chi connectivity index (χ3n) is 0. The first-order chi connectivity index (χ1) is 1.00. The van der Waals surface area contributed by atoms with Crippen molar-refractivity contribution in [2.24, 2.45) is 0 Å². The van der Waals surface area contributed by atoms with Crippen LogP contribution in [0.5, 0.6) is 0 Å². The Kier molecular flexibility index (Phi) is 56500. The fourth-order valence-corrected chi connectivity index (χ4v) is 0. The van der Waals surface area contributed by atoms with E-state index in [1.807, 2.05) is 0 Å². The van der Waals surface area contributed by atoms with Gasteiger partial charge in [-0.2, -0.15) is 0 Å². The van der Waals surface area contributed by atoms with Crippen LogP contribution in [-0.2, 0) is 16.8 Å². The van der Waals surface area contributed by atoms with E-state index >= 15 is 0 Å². The minimum Gasteiger partial charge on any atom is -0.693 e. The molecule has 0 aliphatic rings. The topological polar surface area (TPSA) is 57.3 Å². The zero-order chi connectivity index (χ0) is 2.00. The minimum atomic E-state index is 0. The molecule has 1 radical (unpaired) electrons. The summed E-state index contributed by atoms with van der Waals surface area (Å²) < 4.78 is 0. The van der Waals surface area contributed by atoms with Crippen molar-refractivity contribution >= 4 is 0 Å². The van der Waals surface area contributed by atoms with E-state index in [4.69, 9.17) is 5.26 Å². The normalized spacial score (nSPS) is 0.500. The number of hydrogen-bond acceptors (Lipinski definition) is 1. The number of hydrogen-bond donors (Lipinski definition) is 0. The Balaban J connectivity index is -0.00000000500. The average molecular weight is 102 g/mol. The van der Waals surface area contributed by atoms with Crippen LogP contribution in [0.15, 0.2) is 0 Å². The van der Waals surface area contributed by atoms with Crippen molar-refractivity contribution < 1.29 is 16.8 Å². The third-order valence-corrected chi connectivity index (χ3v) is 0. The molecule has 0 saturated carbocycles. The predicted molar refractivity (Wildman–Crippen MR) is 12.0 cm³/mol. The SMILES string of the molecule is C#N.[Co].[NH2-]. The Labute approximate surface area is 35.6 Å². The Morgan fingerprint density at radius 2 is 1.25 bits per heavy atom. The maximum Gasteiger partial charge on any atom is 0.0462 e. The molecule has 0 rings (SSSR count). The van der Waals surface area contributed by atoms with Gasteiger partial charge < -0.3 is 6.15 Å². The fraction of sp³-hybridized carbons (Fsp3) is 0. The van der Waals surface area contributed by atoms with Gasteiger partial charge in [-0.25, -0.2) is 5.26 Å². The summed E-state index contributed by atoms with van der Waals surface area (Å²) in [5.41, 5.74) is 0. The van der Waals surface area contributed by atoms with Gasteiger partial charge in [0.1, 0.15) is 0 Å². The summed E-state index contributed by atoms with van der Waals surface area (Å²) in [6, 6.07) is 0. The molecule has 3 heteroatoms. The molecule has 27 valence electrons. The molecule has 2 N–H and O–H groups in total. The van der Waals surface area contributed by atoms with Crippen LogP contribution >= 0.6 is 0 Å². The van der Waals surface area contributed by atoms with E-state index in [0.717, 1.165) is 0 Å². The molecule has 0 heterocycles. The van der Waals surface area contributed by atoms with Crippen LogP contribution in [0, 0.1) is 11.8 Å². The molecule has 0 bridgehead atoms. The molecular formula is CH3CoN2-. The van der Waals surface area contributed by atoms with E-state index in [1.165, 1.54) is 0 Å². The molecule has 0 aliphatic heterocycles. The van der Waals surface area contributed by atoms with Crippen LogP contribution in [0.2, 0.25) is 0 Å². The van der Waals surface area contributed by atoms with E-state index < -0.39 is 0 Å². The molecule has 0 aromatic heterocycles. The smallest absolute Gasteiger partial charge is 0.0462 e. The fourth-order valence-electron chi connectivity index (χ4n) is 0. The molecule has 4 heavy (non-hydrogen) atoms. The van der Waals surface area contributed by atoms with Gasteiger partial charge in [-0.1, -0.05) is 0 Å². The first-order valence-corrected chi connectivity index (χ1v) is 0.258. The maximum atomic E-state index is 6.50. The van der Waals surface area contributed by atoms with Gasteiger partial charge in [0.2, 0.25) is 0 Å². The van der Waals surface area contributed by atoms with Gasteiger partial charge in [0.25, 0.3) is 0 Å². The quantitative estimate of drug-likeness (QED) is 0.447. The van der Waals surface area contributed by atoms with Crippen LogP contribution in [0.4, 0.5) is 0 Å². The molecule has 0 fully saturated rings. The van der Waals surface area contributed by atoms with E-state index in [1.54, 1.807) is 0 Å². The molecule has 0 aromatic carbocycles. The van der Waals surface area contributed by atoms with Crippen molar-refractivity contribution in [2.75, 3.05) is 0 Å². The first kappa shape index (κ1) is 37.8. The van der Waals surface area contributed by atoms with Crippen molar-refractivity contribution in [2.45, 2.75) is 0 Å². The summed E-state index contributed by atoms with van der Waals surface area (Å²) in [5, 5.41) is 6.50. The monoisotopic (exact) mass is 102 g/mol. The zero-order valence-electron chi connectivity index (χ0n) is 1.94. The maximum absolute atomic E-state index is 6.50. The second kappa shape index (κ2) is 5980. The largest absolute Gasteiger partial charge is 0.693 e. The third kappa shape index (κ3) is 946. The molecule has 2 nitrogen and oxygen atoms in total. The van der Waals surface area contributed by atoms with Crippen molar-refractivity contribution in [3.05, 3.63) is 6.15 Å². The summed E-state index contributed by atoms with van der Waals surface area (Å²) >= 11 is 0. The zero-order valence-corrected chi connectivity index (χ0v) is 2.98. The Morgan fingerprint density at radius 3 is 1.25 bits per heavy atom. The predicted octanol–water partition coefficient (Wildman–Crippen LogP) is 0.854. The number of nitriles is 1. The molecule has 0 spiro atoms. The van der Waals surface area contributed by atoms with Crippen LogP contribution in [0.3, 0.4) is 0 Å². The summed E-state index contributed by atoms with van der Waals surface area (Å²) in [4.78, 5) is 0. The molecule has 0 aromatic rings. The molecular weight excluding hydrogens is 99.0 g/mol. The van der Waals surface area contributed by atoms with Crippen LogP contribution in [-0.4, -0.2) is 0 Å². The summed E-state index contributed by atoms with van der Waals surface area (Å²) in [7, 11) is 0. The van der Waals surface area contributed by atoms with Gasteiger partial charge >= 0.3 is 0 Å². The van der Waals surface area contributed by atoms with Crippen LogP contribution in [0.1, 0.15) is 0 Å². The molecule has 0 aliphatic carbocycles. The molecule has 0 amide bonds. The van der Waals surface area contributed by atoms with Gasteiger partial charge in [-0.05, 0) is 0 Å². The number of nitrogens with two attached hydrogens (primary N) is 1. The van der Waals surface area contributed by atoms with Crippen molar-refractivity contribution in [3.63, 3.8) is 0 Å². The summed E-state index contributed by atoms with van der Waals surface area (Å²) in [6.07, 6.45) is 0. The molecule has 0 atom stereocenters. The summed E-state index contributed by atoms with van der Waals surface area (Å²) in [5.74, 6) is 0. The van der Waals surface area contributed by atoms with Crippen molar-refractivity contribution in [1.82, 2.24) is 0 Å². The average Bonchev–Trinajstić information content (AvgIpc) is 1.00. The van der Waals surface area contributed by atoms with E-state index in [0.29, 0.717) is 0 Å². The number of rotatable bonds is 0. The standard InChI is InChI=1S/CHN.Co.H2N/c1-2;;/h1H;;1H2/q;;-1. The first-order valence-electron chi connectivity index (χ1n) is 0.258. The van der Waals surface area contributed by atoms with E-state index in [2.05, 4.69) is 6.57 Å². The van der Waals surface area contributed by atoms with Gasteiger partial charge in [0.15, 0.2) is 0 Å². The van der Waals surface area contributed by atoms with Crippen molar-refractivity contribution in [1.29, 1.82) is 5.26 Å². The van der Waals surface area contributed by atoms with Gasteiger partial charge in [0, 0.05) is 23.4 Å². The minimum absolute atomic E-state index is 0. The van der Waals surface area contributed by atoms with E-state index in [-0.39, 0.29) is 22.9 Å². The molecule has 0 unspecified atom stereocenters. The Morgan fingerprint density at radius 1 is 1.25 bits per heavy atom. The summed E-state index contributed by atoms with van der Waals surface area (Å²) in [6.45, 7) is 3.50.